The van der Waals surface area contributed by atoms with Crippen LogP contribution in [0, 0.1) is 6.92 Å². The van der Waals surface area contributed by atoms with Gasteiger partial charge in [-0.3, -0.25) is 9.08 Å². The Hall–Kier alpha value is -2.42. The van der Waals surface area contributed by atoms with Gasteiger partial charge >= 0.3 is 6.09 Å². The first kappa shape index (κ1) is 20.3. The molecule has 2 N–H and O–H groups in total. The van der Waals surface area contributed by atoms with Crippen LogP contribution in [0.2, 0.25) is 0 Å². The Labute approximate surface area is 164 Å². The standard InChI is InChI=1S/C20H23NO6S/c1-15-7-9-18(10-8-15)28(25,26)27-13-17-12-20(24,14-21(17)19(22)23)11-16-5-3-2-4-6-16/h2-10,17,24H,11-14H2,1H3,(H,22,23)/t17-,20?/m1/s1. The zero-order chi connectivity index (χ0) is 20.4. The molecular weight excluding hydrogens is 382 g/mol. The maximum absolute atomic E-state index is 12.4. The molecule has 7 nitrogen and oxygen atoms in total. The summed E-state index contributed by atoms with van der Waals surface area (Å²) < 4.78 is 29.9. The first-order chi connectivity index (χ1) is 13.2. The van der Waals surface area contributed by atoms with Crippen LogP contribution < -0.4 is 0 Å². The van der Waals surface area contributed by atoms with Crippen LogP contribution in [-0.2, 0) is 20.7 Å². The zero-order valence-electron chi connectivity index (χ0n) is 15.5. The summed E-state index contributed by atoms with van der Waals surface area (Å²) in [5.74, 6) is 0. The zero-order valence-corrected chi connectivity index (χ0v) is 16.3. The third kappa shape index (κ3) is 4.70. The smallest absolute Gasteiger partial charge is 0.407 e. The number of carboxylic acid groups (broad SMARTS) is 1. The fourth-order valence-corrected chi connectivity index (χ4v) is 4.42. The Balaban J connectivity index is 1.71. The van der Waals surface area contributed by atoms with E-state index in [1.807, 2.05) is 37.3 Å². The van der Waals surface area contributed by atoms with Crippen molar-refractivity contribution in [3.05, 3.63) is 65.7 Å². The van der Waals surface area contributed by atoms with Crippen LogP contribution in [0.4, 0.5) is 4.79 Å². The van der Waals surface area contributed by atoms with E-state index >= 15 is 0 Å². The minimum absolute atomic E-state index is 0.0116. The van der Waals surface area contributed by atoms with Crippen molar-refractivity contribution in [3.63, 3.8) is 0 Å². The average Bonchev–Trinajstić information content (AvgIpc) is 2.98. The van der Waals surface area contributed by atoms with Crippen LogP contribution in [0.1, 0.15) is 17.5 Å². The van der Waals surface area contributed by atoms with Crippen molar-refractivity contribution in [1.82, 2.24) is 4.90 Å². The fourth-order valence-electron chi connectivity index (χ4n) is 3.48. The van der Waals surface area contributed by atoms with E-state index in [1.165, 1.54) is 12.1 Å². The molecule has 0 saturated carbocycles. The fraction of sp³-hybridized carbons (Fsp3) is 0.350. The molecule has 28 heavy (non-hydrogen) atoms. The lowest BCUT2D eigenvalue weighted by Crippen LogP contribution is -2.39. The Morgan fingerprint density at radius 1 is 1.18 bits per heavy atom. The summed E-state index contributed by atoms with van der Waals surface area (Å²) in [4.78, 5) is 12.7. The lowest BCUT2D eigenvalue weighted by Gasteiger charge is -2.22. The quantitative estimate of drug-likeness (QED) is 0.716. The Bertz CT molecular complexity index is 929. The SMILES string of the molecule is Cc1ccc(S(=O)(=O)OC[C@H]2CC(O)(Cc3ccccc3)CN2C(=O)O)cc1. The monoisotopic (exact) mass is 405 g/mol. The molecule has 0 aromatic heterocycles. The third-order valence-corrected chi connectivity index (χ3v) is 6.16. The molecule has 2 aromatic rings. The lowest BCUT2D eigenvalue weighted by molar-refractivity contribution is 0.0491. The summed E-state index contributed by atoms with van der Waals surface area (Å²) in [6, 6.07) is 14.7. The van der Waals surface area contributed by atoms with Gasteiger partial charge in [-0.15, -0.1) is 0 Å². The van der Waals surface area contributed by atoms with Crippen molar-refractivity contribution >= 4 is 16.2 Å². The molecule has 0 aliphatic carbocycles. The predicted molar refractivity (Wildman–Crippen MR) is 103 cm³/mol. The highest BCUT2D eigenvalue weighted by Crippen LogP contribution is 2.31. The first-order valence-electron chi connectivity index (χ1n) is 8.90. The van der Waals surface area contributed by atoms with E-state index in [1.54, 1.807) is 12.1 Å². The van der Waals surface area contributed by atoms with Crippen LogP contribution in [-0.4, -0.2) is 54.4 Å². The number of benzene rings is 2. The van der Waals surface area contributed by atoms with E-state index in [0.717, 1.165) is 16.0 Å². The second-order valence-corrected chi connectivity index (χ2v) is 8.82. The van der Waals surface area contributed by atoms with Gasteiger partial charge in [0.1, 0.15) is 0 Å². The van der Waals surface area contributed by atoms with Crippen molar-refractivity contribution < 1.29 is 27.6 Å². The molecule has 0 bridgehead atoms. The van der Waals surface area contributed by atoms with Crippen molar-refractivity contribution in [2.75, 3.05) is 13.2 Å². The van der Waals surface area contributed by atoms with Crippen molar-refractivity contribution in [1.29, 1.82) is 0 Å². The molecule has 1 amide bonds. The molecule has 1 aliphatic rings. The van der Waals surface area contributed by atoms with Crippen LogP contribution in [0.25, 0.3) is 0 Å². The maximum atomic E-state index is 12.4. The van der Waals surface area contributed by atoms with E-state index in [-0.39, 0.29) is 30.9 Å². The molecule has 1 unspecified atom stereocenters. The number of aryl methyl sites for hydroxylation is 1. The number of β-amino-alcohol motifs (C(OH)–C–C–N with tert-alkyl or cyclic N) is 1. The van der Waals surface area contributed by atoms with Crippen LogP contribution in [0.3, 0.4) is 0 Å². The topological polar surface area (TPSA) is 104 Å². The van der Waals surface area contributed by atoms with Gasteiger partial charge in [0.2, 0.25) is 0 Å². The number of carbonyl (C=O) groups is 1. The molecule has 2 atom stereocenters. The summed E-state index contributed by atoms with van der Waals surface area (Å²) >= 11 is 0. The van der Waals surface area contributed by atoms with Gasteiger partial charge in [0, 0.05) is 12.8 Å². The Morgan fingerprint density at radius 3 is 2.43 bits per heavy atom. The predicted octanol–water partition coefficient (Wildman–Crippen LogP) is 2.43. The summed E-state index contributed by atoms with van der Waals surface area (Å²) in [6.45, 7) is 1.39. The minimum Gasteiger partial charge on any atom is -0.465 e. The Morgan fingerprint density at radius 2 is 1.82 bits per heavy atom. The van der Waals surface area contributed by atoms with Gasteiger partial charge < -0.3 is 10.2 Å². The summed E-state index contributed by atoms with van der Waals surface area (Å²) in [5.41, 5.74) is 0.517. The molecule has 3 rings (SSSR count). The van der Waals surface area contributed by atoms with Crippen LogP contribution in [0.15, 0.2) is 59.5 Å². The Kier molecular flexibility index (Phi) is 5.74. The summed E-state index contributed by atoms with van der Waals surface area (Å²) in [7, 11) is -4.01. The van der Waals surface area contributed by atoms with E-state index < -0.39 is 27.9 Å². The number of amides is 1. The van der Waals surface area contributed by atoms with Gasteiger partial charge in [0.25, 0.3) is 10.1 Å². The number of likely N-dealkylation sites (tertiary alicyclic amines) is 1. The van der Waals surface area contributed by atoms with Crippen LogP contribution >= 0.6 is 0 Å². The van der Waals surface area contributed by atoms with E-state index in [9.17, 15) is 23.4 Å². The van der Waals surface area contributed by atoms with E-state index in [2.05, 4.69) is 0 Å². The van der Waals surface area contributed by atoms with Gasteiger partial charge in [0.15, 0.2) is 0 Å². The molecule has 2 aromatic carbocycles. The van der Waals surface area contributed by atoms with Crippen molar-refractivity contribution in [3.8, 4) is 0 Å². The van der Waals surface area contributed by atoms with Gasteiger partial charge in [-0.05, 0) is 24.6 Å². The normalized spacial score (nSPS) is 22.4. The van der Waals surface area contributed by atoms with Crippen molar-refractivity contribution in [2.45, 2.75) is 36.3 Å². The highest BCUT2D eigenvalue weighted by Gasteiger charge is 2.45. The minimum atomic E-state index is -4.01. The van der Waals surface area contributed by atoms with E-state index in [4.69, 9.17) is 4.18 Å². The number of rotatable bonds is 6. The summed E-state index contributed by atoms with van der Waals surface area (Å²) in [6.07, 6.45) is -0.846. The molecule has 1 fully saturated rings. The third-order valence-electron chi connectivity index (χ3n) is 4.87. The molecule has 1 heterocycles. The van der Waals surface area contributed by atoms with Gasteiger partial charge in [0.05, 0.1) is 29.7 Å². The van der Waals surface area contributed by atoms with Gasteiger partial charge in [-0.25, -0.2) is 4.79 Å². The van der Waals surface area contributed by atoms with Crippen molar-refractivity contribution in [2.24, 2.45) is 0 Å². The number of aliphatic hydroxyl groups is 1. The molecule has 1 aliphatic heterocycles. The molecule has 150 valence electrons. The number of nitrogens with zero attached hydrogens (tertiary/aromatic N) is 1. The molecule has 0 radical (unpaired) electrons. The second kappa shape index (κ2) is 7.90. The van der Waals surface area contributed by atoms with Crippen LogP contribution in [0.5, 0.6) is 0 Å². The number of hydrogen-bond donors (Lipinski definition) is 2. The molecule has 0 spiro atoms. The first-order valence-corrected chi connectivity index (χ1v) is 10.3. The second-order valence-electron chi connectivity index (χ2n) is 7.21. The molecule has 8 heteroatoms. The number of hydrogen-bond acceptors (Lipinski definition) is 5. The average molecular weight is 405 g/mol. The molecular formula is C20H23NO6S. The molecule has 1 saturated heterocycles. The largest absolute Gasteiger partial charge is 0.465 e. The lowest BCUT2D eigenvalue weighted by atomic mass is 9.92. The maximum Gasteiger partial charge on any atom is 0.407 e. The van der Waals surface area contributed by atoms with E-state index in [0.29, 0.717) is 0 Å². The highest BCUT2D eigenvalue weighted by atomic mass is 32.2. The highest BCUT2D eigenvalue weighted by molar-refractivity contribution is 7.86. The van der Waals surface area contributed by atoms with Gasteiger partial charge in [-0.2, -0.15) is 8.42 Å². The van der Waals surface area contributed by atoms with Gasteiger partial charge in [-0.1, -0.05) is 48.0 Å². The summed E-state index contributed by atoms with van der Waals surface area (Å²) in [5, 5.41) is 20.4.